The molecule has 4 heterocycles. The second kappa shape index (κ2) is 11.0. The van der Waals surface area contributed by atoms with E-state index in [1.54, 1.807) is 31.5 Å². The van der Waals surface area contributed by atoms with Crippen LogP contribution >= 0.6 is 11.9 Å². The zero-order valence-electron chi connectivity index (χ0n) is 21.9. The van der Waals surface area contributed by atoms with Crippen molar-refractivity contribution in [1.29, 1.82) is 0 Å². The molecule has 2 aliphatic rings. The number of pyridine rings is 1. The van der Waals surface area contributed by atoms with E-state index >= 15 is 0 Å². The minimum absolute atomic E-state index is 0.0114. The van der Waals surface area contributed by atoms with Crippen molar-refractivity contribution in [3.05, 3.63) is 70.7 Å². The predicted molar refractivity (Wildman–Crippen MR) is 146 cm³/mol. The number of alkyl halides is 3. The summed E-state index contributed by atoms with van der Waals surface area (Å²) in [4.78, 5) is 30.8. The number of piperidine rings is 1. The van der Waals surface area contributed by atoms with Crippen molar-refractivity contribution in [3.63, 3.8) is 0 Å². The maximum atomic E-state index is 13.2. The second-order valence-electron chi connectivity index (χ2n) is 9.98. The Kier molecular flexibility index (Phi) is 7.68. The van der Waals surface area contributed by atoms with E-state index in [0.717, 1.165) is 42.8 Å². The smallest absolute Gasteiger partial charge is 0.336 e. The normalized spacial score (nSPS) is 19.6. The third-order valence-electron chi connectivity index (χ3n) is 7.32. The monoisotopic (exact) mass is 557 g/mol. The van der Waals surface area contributed by atoms with Crippen LogP contribution in [-0.4, -0.2) is 55.5 Å². The van der Waals surface area contributed by atoms with Crippen LogP contribution in [0.5, 0.6) is 0 Å². The van der Waals surface area contributed by atoms with Gasteiger partial charge in [-0.15, -0.1) is 0 Å². The predicted octanol–water partition coefficient (Wildman–Crippen LogP) is 5.64. The van der Waals surface area contributed by atoms with Crippen molar-refractivity contribution in [2.75, 3.05) is 22.8 Å². The largest absolute Gasteiger partial charge is 0.416 e. The van der Waals surface area contributed by atoms with Gasteiger partial charge in [0.1, 0.15) is 5.82 Å². The molecule has 0 unspecified atom stereocenters. The fraction of sp³-hybridized carbons (Fsp3) is 0.407. The number of rotatable bonds is 6. The number of likely N-dealkylation sites (tertiary alicyclic amines) is 1. The van der Waals surface area contributed by atoms with Crippen LogP contribution in [0.25, 0.3) is 0 Å². The maximum absolute atomic E-state index is 13.2. The zero-order valence-corrected chi connectivity index (χ0v) is 22.7. The molecule has 5 rings (SSSR count). The van der Waals surface area contributed by atoms with Crippen molar-refractivity contribution in [2.45, 2.75) is 58.0 Å². The molecule has 1 aromatic carbocycles. The standard InChI is InChI=1S/C27H30F3N7OS/c1-16-10-20(27(28,29)30)4-5-22(16)33-26-32-13-19-14-36(15-23(19)34-26)21-7-9-37(17(2)11-21)25(38)18-6-8-31-24(12-18)35-39-3/h4-6,8,10,12-13,17,21H,7,9,11,14-15H2,1-3H3,(H,31,35)(H,32,33,34)/t17-,21+/m1/s1. The Balaban J connectivity index is 1.21. The lowest BCUT2D eigenvalue weighted by molar-refractivity contribution is -0.137. The Hall–Kier alpha value is -3.38. The molecule has 39 heavy (non-hydrogen) atoms. The van der Waals surface area contributed by atoms with Gasteiger partial charge < -0.3 is 14.9 Å². The number of nitrogens with zero attached hydrogens (tertiary/aromatic N) is 5. The van der Waals surface area contributed by atoms with E-state index in [-0.39, 0.29) is 11.9 Å². The zero-order chi connectivity index (χ0) is 27.7. The molecule has 1 amide bonds. The summed E-state index contributed by atoms with van der Waals surface area (Å²) in [6.07, 6.45) is 2.66. The average molecular weight is 558 g/mol. The quantitative estimate of drug-likeness (QED) is 0.377. The third kappa shape index (κ3) is 5.96. The van der Waals surface area contributed by atoms with Crippen LogP contribution in [0.2, 0.25) is 0 Å². The van der Waals surface area contributed by atoms with E-state index in [1.807, 2.05) is 11.2 Å². The van der Waals surface area contributed by atoms with Crippen LogP contribution in [0.3, 0.4) is 0 Å². The van der Waals surface area contributed by atoms with Crippen molar-refractivity contribution < 1.29 is 18.0 Å². The van der Waals surface area contributed by atoms with E-state index < -0.39 is 11.7 Å². The second-order valence-corrected chi connectivity index (χ2v) is 10.6. The Labute approximate surface area is 229 Å². The summed E-state index contributed by atoms with van der Waals surface area (Å²) in [7, 11) is 0. The van der Waals surface area contributed by atoms with E-state index in [0.29, 0.717) is 47.7 Å². The van der Waals surface area contributed by atoms with Crippen LogP contribution in [0.1, 0.15) is 52.5 Å². The number of hydrogen-bond acceptors (Lipinski definition) is 8. The number of hydrogen-bond donors (Lipinski definition) is 2. The van der Waals surface area contributed by atoms with Gasteiger partial charge >= 0.3 is 6.18 Å². The summed E-state index contributed by atoms with van der Waals surface area (Å²) in [5.74, 6) is 1.03. The molecule has 206 valence electrons. The average Bonchev–Trinajstić information content (AvgIpc) is 3.33. The molecule has 1 fully saturated rings. The summed E-state index contributed by atoms with van der Waals surface area (Å²) < 4.78 is 42.1. The van der Waals surface area contributed by atoms with Crippen molar-refractivity contribution in [2.24, 2.45) is 0 Å². The molecule has 2 aromatic heterocycles. The minimum atomic E-state index is -4.38. The number of aryl methyl sites for hydroxylation is 1. The number of anilines is 3. The maximum Gasteiger partial charge on any atom is 0.416 e. The van der Waals surface area contributed by atoms with Gasteiger partial charge in [-0.05, 0) is 62.6 Å². The highest BCUT2D eigenvalue weighted by Crippen LogP contribution is 2.33. The lowest BCUT2D eigenvalue weighted by Gasteiger charge is -2.41. The molecular formula is C27H30F3N7OS. The van der Waals surface area contributed by atoms with E-state index in [2.05, 4.69) is 36.8 Å². The van der Waals surface area contributed by atoms with E-state index in [4.69, 9.17) is 0 Å². The van der Waals surface area contributed by atoms with Crippen molar-refractivity contribution in [3.8, 4) is 0 Å². The summed E-state index contributed by atoms with van der Waals surface area (Å²) in [5, 5.41) is 3.07. The first-order valence-electron chi connectivity index (χ1n) is 12.7. The molecular weight excluding hydrogens is 527 g/mol. The van der Waals surface area contributed by atoms with Gasteiger partial charge in [0.2, 0.25) is 5.95 Å². The number of halogens is 3. The van der Waals surface area contributed by atoms with Crippen LogP contribution in [0.4, 0.5) is 30.6 Å². The molecule has 0 spiro atoms. The van der Waals surface area contributed by atoms with E-state index in [9.17, 15) is 18.0 Å². The Morgan fingerprint density at radius 2 is 1.97 bits per heavy atom. The lowest BCUT2D eigenvalue weighted by Crippen LogP contribution is -2.50. The number of fused-ring (bicyclic) bond motifs is 1. The molecule has 0 radical (unpaired) electrons. The fourth-order valence-corrected chi connectivity index (χ4v) is 5.59. The van der Waals surface area contributed by atoms with Crippen LogP contribution in [0, 0.1) is 6.92 Å². The molecule has 2 atom stereocenters. The third-order valence-corrected chi connectivity index (χ3v) is 7.73. The van der Waals surface area contributed by atoms with Crippen molar-refractivity contribution >= 4 is 35.3 Å². The molecule has 1 saturated heterocycles. The number of nitrogens with one attached hydrogen (secondary N) is 2. The molecule has 0 bridgehead atoms. The Morgan fingerprint density at radius 3 is 2.69 bits per heavy atom. The van der Waals surface area contributed by atoms with Crippen molar-refractivity contribution in [1.82, 2.24) is 24.8 Å². The fourth-order valence-electron chi connectivity index (χ4n) is 5.27. The van der Waals surface area contributed by atoms with E-state index in [1.165, 1.54) is 18.0 Å². The molecule has 2 aliphatic heterocycles. The molecule has 2 N–H and O–H groups in total. The van der Waals surface area contributed by atoms with Crippen LogP contribution in [-0.2, 0) is 19.3 Å². The highest BCUT2D eigenvalue weighted by Gasteiger charge is 2.35. The molecule has 0 aliphatic carbocycles. The number of carbonyl (C=O) groups is 1. The Morgan fingerprint density at radius 1 is 1.15 bits per heavy atom. The first kappa shape index (κ1) is 27.2. The highest BCUT2D eigenvalue weighted by atomic mass is 32.2. The van der Waals surface area contributed by atoms with Crippen LogP contribution in [0.15, 0.2) is 42.7 Å². The molecule has 0 saturated carbocycles. The first-order chi connectivity index (χ1) is 18.6. The SMILES string of the molecule is CSNc1cc(C(=O)N2CC[C@H](N3Cc4cnc(Nc5ccc(C(F)(F)F)cc5C)nc4C3)C[C@H]2C)ccn1. The van der Waals surface area contributed by atoms with Gasteiger partial charge in [-0.2, -0.15) is 13.2 Å². The van der Waals surface area contributed by atoms with Gasteiger partial charge in [0, 0.05) is 67.2 Å². The first-order valence-corrected chi connectivity index (χ1v) is 13.9. The van der Waals surface area contributed by atoms with Gasteiger partial charge in [-0.1, -0.05) is 11.9 Å². The summed E-state index contributed by atoms with van der Waals surface area (Å²) in [6, 6.07) is 7.49. The number of aromatic nitrogens is 3. The van der Waals surface area contributed by atoms with Gasteiger partial charge in [0.15, 0.2) is 0 Å². The number of carbonyl (C=O) groups excluding carboxylic acids is 1. The number of amides is 1. The number of benzene rings is 1. The molecule has 12 heteroatoms. The van der Waals surface area contributed by atoms with Crippen LogP contribution < -0.4 is 10.0 Å². The summed E-state index contributed by atoms with van der Waals surface area (Å²) in [6.45, 7) is 5.77. The topological polar surface area (TPSA) is 86.3 Å². The van der Waals surface area contributed by atoms with Gasteiger partial charge in [-0.25, -0.2) is 15.0 Å². The van der Waals surface area contributed by atoms with Gasteiger partial charge in [0.25, 0.3) is 5.91 Å². The highest BCUT2D eigenvalue weighted by molar-refractivity contribution is 7.99. The Bertz CT molecular complexity index is 1370. The molecule has 3 aromatic rings. The summed E-state index contributed by atoms with van der Waals surface area (Å²) in [5.41, 5.74) is 2.90. The van der Waals surface area contributed by atoms with Gasteiger partial charge in [-0.3, -0.25) is 9.69 Å². The summed E-state index contributed by atoms with van der Waals surface area (Å²) >= 11 is 1.43. The molecule has 8 nitrogen and oxygen atoms in total. The minimum Gasteiger partial charge on any atom is -0.336 e. The van der Waals surface area contributed by atoms with Gasteiger partial charge in [0.05, 0.1) is 11.3 Å². The lowest BCUT2D eigenvalue weighted by atomic mass is 9.96.